The molecule has 0 aliphatic carbocycles. The van der Waals surface area contributed by atoms with Crippen LogP contribution in [0.4, 0.5) is 22.9 Å². The minimum atomic E-state index is 0.0436. The lowest BCUT2D eigenvalue weighted by atomic mass is 9.99. The first kappa shape index (κ1) is 19.2. The van der Waals surface area contributed by atoms with Crippen molar-refractivity contribution in [3.8, 4) is 0 Å². The van der Waals surface area contributed by atoms with E-state index in [0.29, 0.717) is 6.42 Å². The fourth-order valence-electron chi connectivity index (χ4n) is 3.27. The quantitative estimate of drug-likeness (QED) is 0.708. The topological polar surface area (TPSA) is 57.3 Å². The van der Waals surface area contributed by atoms with Crippen LogP contribution in [0, 0.1) is 5.92 Å². The Kier molecular flexibility index (Phi) is 6.69. The summed E-state index contributed by atoms with van der Waals surface area (Å²) in [4.78, 5) is 18.6. The average molecular weight is 367 g/mol. The lowest BCUT2D eigenvalue weighted by Gasteiger charge is -2.32. The molecular formula is C22H30N4O. The summed E-state index contributed by atoms with van der Waals surface area (Å²) in [6.45, 7) is 6.69. The summed E-state index contributed by atoms with van der Waals surface area (Å²) in [6.07, 6.45) is 6.71. The molecule has 0 saturated carbocycles. The third-order valence-corrected chi connectivity index (χ3v) is 5.09. The maximum absolute atomic E-state index is 11.8. The van der Waals surface area contributed by atoms with Crippen molar-refractivity contribution in [2.75, 3.05) is 28.6 Å². The van der Waals surface area contributed by atoms with Gasteiger partial charge in [-0.05, 0) is 61.6 Å². The van der Waals surface area contributed by atoms with Crippen LogP contribution in [0.2, 0.25) is 0 Å². The number of unbranched alkanes of at least 4 members (excludes halogenated alkanes) is 1. The van der Waals surface area contributed by atoms with Crippen molar-refractivity contribution in [1.29, 1.82) is 0 Å². The number of nitrogens with one attached hydrogen (secondary N) is 2. The largest absolute Gasteiger partial charge is 0.372 e. The number of amides is 1. The average Bonchev–Trinajstić information content (AvgIpc) is 2.69. The number of anilines is 4. The van der Waals surface area contributed by atoms with Gasteiger partial charge in [0.15, 0.2) is 0 Å². The van der Waals surface area contributed by atoms with E-state index in [9.17, 15) is 4.79 Å². The van der Waals surface area contributed by atoms with Crippen molar-refractivity contribution in [2.24, 2.45) is 5.92 Å². The highest BCUT2D eigenvalue weighted by Gasteiger charge is 2.15. The van der Waals surface area contributed by atoms with E-state index in [1.165, 1.54) is 18.5 Å². The number of aromatic nitrogens is 1. The Morgan fingerprint density at radius 3 is 2.44 bits per heavy atom. The van der Waals surface area contributed by atoms with Crippen LogP contribution in [-0.2, 0) is 4.79 Å². The van der Waals surface area contributed by atoms with Crippen LogP contribution >= 0.6 is 0 Å². The summed E-state index contributed by atoms with van der Waals surface area (Å²) in [5.74, 6) is 1.65. The van der Waals surface area contributed by atoms with Gasteiger partial charge in [-0.2, -0.15) is 0 Å². The molecule has 27 heavy (non-hydrogen) atoms. The van der Waals surface area contributed by atoms with Crippen molar-refractivity contribution in [1.82, 2.24) is 4.98 Å². The Morgan fingerprint density at radius 1 is 1.11 bits per heavy atom. The number of piperidine rings is 1. The molecule has 1 amide bonds. The van der Waals surface area contributed by atoms with Crippen LogP contribution in [0.25, 0.3) is 0 Å². The Labute approximate surface area is 162 Å². The predicted molar refractivity (Wildman–Crippen MR) is 113 cm³/mol. The van der Waals surface area contributed by atoms with Crippen molar-refractivity contribution in [3.05, 3.63) is 42.6 Å². The van der Waals surface area contributed by atoms with E-state index in [1.54, 1.807) is 6.20 Å². The zero-order valence-corrected chi connectivity index (χ0v) is 16.4. The highest BCUT2D eigenvalue weighted by molar-refractivity contribution is 5.90. The molecule has 3 rings (SSSR count). The molecule has 1 fully saturated rings. The number of hydrogen-bond donors (Lipinski definition) is 2. The molecule has 2 heterocycles. The zero-order chi connectivity index (χ0) is 19.1. The second kappa shape index (κ2) is 9.40. The highest BCUT2D eigenvalue weighted by Crippen LogP contribution is 2.25. The van der Waals surface area contributed by atoms with Crippen molar-refractivity contribution in [3.63, 3.8) is 0 Å². The highest BCUT2D eigenvalue weighted by atomic mass is 16.1. The molecule has 1 aromatic carbocycles. The first-order valence-electron chi connectivity index (χ1n) is 10.0. The molecule has 1 aromatic heterocycles. The lowest BCUT2D eigenvalue weighted by molar-refractivity contribution is -0.116. The standard InChI is InChI=1S/C22H30N4O/c1-3-4-5-22(27)25-19-8-11-21(23-16-19)24-18-6-9-20(10-7-18)26-14-12-17(2)13-15-26/h6-11,16-17H,3-5,12-15H2,1-2H3,(H,23,24)(H,25,27). The van der Waals surface area contributed by atoms with Crippen LogP contribution in [0.5, 0.6) is 0 Å². The van der Waals surface area contributed by atoms with Gasteiger partial charge in [0, 0.05) is 30.9 Å². The van der Waals surface area contributed by atoms with Crippen LogP contribution in [-0.4, -0.2) is 24.0 Å². The Balaban J connectivity index is 1.53. The molecule has 0 spiro atoms. The Morgan fingerprint density at radius 2 is 1.81 bits per heavy atom. The number of rotatable bonds is 7. The lowest BCUT2D eigenvalue weighted by Crippen LogP contribution is -2.32. The van der Waals surface area contributed by atoms with E-state index >= 15 is 0 Å². The van der Waals surface area contributed by atoms with Gasteiger partial charge >= 0.3 is 0 Å². The number of carbonyl (C=O) groups is 1. The van der Waals surface area contributed by atoms with Crippen LogP contribution in [0.1, 0.15) is 46.0 Å². The summed E-state index contributed by atoms with van der Waals surface area (Å²) >= 11 is 0. The third kappa shape index (κ3) is 5.71. The van der Waals surface area contributed by atoms with Gasteiger partial charge < -0.3 is 15.5 Å². The van der Waals surface area contributed by atoms with Gasteiger partial charge in [-0.25, -0.2) is 4.98 Å². The van der Waals surface area contributed by atoms with Gasteiger partial charge in [0.25, 0.3) is 0 Å². The van der Waals surface area contributed by atoms with Gasteiger partial charge in [-0.15, -0.1) is 0 Å². The molecule has 0 radical (unpaired) electrons. The first-order chi connectivity index (χ1) is 13.1. The Hall–Kier alpha value is -2.56. The number of pyridine rings is 1. The van der Waals surface area contributed by atoms with Gasteiger partial charge in [-0.1, -0.05) is 20.3 Å². The van der Waals surface area contributed by atoms with Gasteiger partial charge in [0.05, 0.1) is 11.9 Å². The minimum Gasteiger partial charge on any atom is -0.372 e. The minimum absolute atomic E-state index is 0.0436. The number of nitrogens with zero attached hydrogens (tertiary/aromatic N) is 2. The normalized spacial score (nSPS) is 14.8. The van der Waals surface area contributed by atoms with Crippen molar-refractivity contribution < 1.29 is 4.79 Å². The van der Waals surface area contributed by atoms with E-state index in [2.05, 4.69) is 58.6 Å². The monoisotopic (exact) mass is 366 g/mol. The molecule has 144 valence electrons. The number of benzene rings is 1. The molecule has 1 aliphatic rings. The van der Waals surface area contributed by atoms with Crippen molar-refractivity contribution >= 4 is 28.8 Å². The fourth-order valence-corrected chi connectivity index (χ4v) is 3.27. The molecule has 5 heteroatoms. The fraction of sp³-hybridized carbons (Fsp3) is 0.455. The molecule has 0 unspecified atom stereocenters. The maximum atomic E-state index is 11.8. The van der Waals surface area contributed by atoms with E-state index in [0.717, 1.165) is 49.0 Å². The second-order valence-corrected chi connectivity index (χ2v) is 7.43. The molecule has 1 saturated heterocycles. The molecule has 0 bridgehead atoms. The predicted octanol–water partition coefficient (Wildman–Crippen LogP) is 5.19. The summed E-state index contributed by atoms with van der Waals surface area (Å²) in [7, 11) is 0. The summed E-state index contributed by atoms with van der Waals surface area (Å²) in [5.41, 5.74) is 3.03. The number of hydrogen-bond acceptors (Lipinski definition) is 4. The molecule has 0 atom stereocenters. The summed E-state index contributed by atoms with van der Waals surface area (Å²) < 4.78 is 0. The van der Waals surface area contributed by atoms with E-state index in [1.807, 2.05) is 12.1 Å². The zero-order valence-electron chi connectivity index (χ0n) is 16.4. The third-order valence-electron chi connectivity index (χ3n) is 5.09. The van der Waals surface area contributed by atoms with Crippen LogP contribution < -0.4 is 15.5 Å². The summed E-state index contributed by atoms with van der Waals surface area (Å²) in [6, 6.07) is 12.3. The van der Waals surface area contributed by atoms with Crippen LogP contribution in [0.15, 0.2) is 42.6 Å². The van der Waals surface area contributed by atoms with Gasteiger partial charge in [0.1, 0.15) is 5.82 Å². The number of carbonyl (C=O) groups excluding carboxylic acids is 1. The SMILES string of the molecule is CCCCC(=O)Nc1ccc(Nc2ccc(N3CCC(C)CC3)cc2)nc1. The van der Waals surface area contributed by atoms with Crippen molar-refractivity contribution in [2.45, 2.75) is 46.0 Å². The van der Waals surface area contributed by atoms with E-state index in [4.69, 9.17) is 0 Å². The second-order valence-electron chi connectivity index (χ2n) is 7.43. The molecule has 2 aromatic rings. The maximum Gasteiger partial charge on any atom is 0.224 e. The molecule has 2 N–H and O–H groups in total. The van der Waals surface area contributed by atoms with E-state index in [-0.39, 0.29) is 5.91 Å². The van der Waals surface area contributed by atoms with Gasteiger partial charge in [-0.3, -0.25) is 4.79 Å². The molecular weight excluding hydrogens is 336 g/mol. The Bertz CT molecular complexity index is 719. The van der Waals surface area contributed by atoms with E-state index < -0.39 is 0 Å². The first-order valence-corrected chi connectivity index (χ1v) is 10.0. The smallest absolute Gasteiger partial charge is 0.224 e. The molecule has 1 aliphatic heterocycles. The summed E-state index contributed by atoms with van der Waals surface area (Å²) in [5, 5.41) is 6.19. The molecule has 5 nitrogen and oxygen atoms in total. The van der Waals surface area contributed by atoms with Crippen LogP contribution in [0.3, 0.4) is 0 Å². The van der Waals surface area contributed by atoms with Gasteiger partial charge in [0.2, 0.25) is 5.91 Å².